The number of aromatic nitrogens is 2. The molecule has 0 saturated carbocycles. The smallest absolute Gasteiger partial charge is 0.338 e. The fourth-order valence-corrected chi connectivity index (χ4v) is 3.08. The van der Waals surface area contributed by atoms with Crippen molar-refractivity contribution < 1.29 is 14.6 Å². The molecule has 1 heterocycles. The molecule has 0 aliphatic rings. The van der Waals surface area contributed by atoms with E-state index in [9.17, 15) is 14.7 Å². The maximum absolute atomic E-state index is 12.4. The van der Waals surface area contributed by atoms with Crippen molar-refractivity contribution in [3.63, 3.8) is 0 Å². The molecule has 154 valence electrons. The molecular formula is C22H21N3O4S. The van der Waals surface area contributed by atoms with Gasteiger partial charge in [0.25, 0.3) is 5.56 Å². The van der Waals surface area contributed by atoms with Crippen LogP contribution in [0.25, 0.3) is 5.69 Å². The van der Waals surface area contributed by atoms with Crippen molar-refractivity contribution in [2.24, 2.45) is 4.99 Å². The third-order valence-electron chi connectivity index (χ3n) is 4.59. The number of aliphatic imine (C=N–C) groups is 1. The topological polar surface area (TPSA) is 96.7 Å². The molecule has 1 aromatic heterocycles. The Hall–Kier alpha value is -3.52. The first-order valence-corrected chi connectivity index (χ1v) is 9.69. The lowest BCUT2D eigenvalue weighted by molar-refractivity contribution is 0.0526. The highest BCUT2D eigenvalue weighted by atomic mass is 32.1. The standard InChI is InChI=1S/C22H21N3O4S/c1-4-29-21(28)15-6-8-16(9-7-15)23-12-18-19(26)24-22(30)25(20(18)27)17-10-5-13(2)14(3)11-17/h5-12,27H,4H2,1-3H3,(H,24,26,30). The van der Waals surface area contributed by atoms with Gasteiger partial charge in [-0.1, -0.05) is 6.07 Å². The minimum absolute atomic E-state index is 0.0312. The minimum atomic E-state index is -0.551. The average Bonchev–Trinajstić information content (AvgIpc) is 2.71. The van der Waals surface area contributed by atoms with E-state index in [4.69, 9.17) is 17.0 Å². The molecular weight excluding hydrogens is 402 g/mol. The molecule has 8 heteroatoms. The lowest BCUT2D eigenvalue weighted by Gasteiger charge is -2.12. The van der Waals surface area contributed by atoms with Crippen molar-refractivity contribution in [3.05, 3.63) is 79.8 Å². The van der Waals surface area contributed by atoms with Crippen LogP contribution in [0, 0.1) is 18.6 Å². The van der Waals surface area contributed by atoms with Gasteiger partial charge in [-0.05, 0) is 80.5 Å². The third-order valence-corrected chi connectivity index (χ3v) is 4.88. The zero-order valence-electron chi connectivity index (χ0n) is 16.8. The Labute approximate surface area is 178 Å². The summed E-state index contributed by atoms with van der Waals surface area (Å²) in [5, 5.41) is 10.7. The number of benzene rings is 2. The molecule has 0 aliphatic heterocycles. The molecule has 0 saturated heterocycles. The van der Waals surface area contributed by atoms with E-state index < -0.39 is 11.5 Å². The summed E-state index contributed by atoms with van der Waals surface area (Å²) in [6.45, 7) is 5.96. The van der Waals surface area contributed by atoms with Crippen molar-refractivity contribution in [1.82, 2.24) is 9.55 Å². The van der Waals surface area contributed by atoms with Crippen molar-refractivity contribution in [2.75, 3.05) is 6.61 Å². The van der Waals surface area contributed by atoms with Crippen molar-refractivity contribution in [2.45, 2.75) is 20.8 Å². The van der Waals surface area contributed by atoms with Crippen LogP contribution in [0.15, 0.2) is 52.3 Å². The van der Waals surface area contributed by atoms with Gasteiger partial charge in [0.1, 0.15) is 5.56 Å². The van der Waals surface area contributed by atoms with Crippen LogP contribution in [-0.4, -0.2) is 33.4 Å². The number of carbonyl (C=O) groups excluding carboxylic acids is 1. The van der Waals surface area contributed by atoms with E-state index in [-0.39, 0.29) is 16.2 Å². The summed E-state index contributed by atoms with van der Waals surface area (Å²) in [6.07, 6.45) is 1.26. The number of rotatable bonds is 5. The number of hydrogen-bond acceptors (Lipinski definition) is 6. The lowest BCUT2D eigenvalue weighted by atomic mass is 10.1. The van der Waals surface area contributed by atoms with Gasteiger partial charge in [-0.25, -0.2) is 4.79 Å². The summed E-state index contributed by atoms with van der Waals surface area (Å²) in [5.41, 5.74) is 3.08. The molecule has 0 atom stereocenters. The largest absolute Gasteiger partial charge is 0.494 e. The number of aromatic hydroxyl groups is 1. The van der Waals surface area contributed by atoms with Gasteiger partial charge in [0.05, 0.1) is 23.5 Å². The normalized spacial score (nSPS) is 11.0. The summed E-state index contributed by atoms with van der Waals surface area (Å²) < 4.78 is 6.41. The SMILES string of the molecule is CCOC(=O)c1ccc(N=Cc2c(O)n(-c3ccc(C)c(C)c3)c(=S)[nH]c2=O)cc1. The van der Waals surface area contributed by atoms with Crippen LogP contribution in [-0.2, 0) is 4.74 Å². The van der Waals surface area contributed by atoms with Gasteiger partial charge < -0.3 is 9.84 Å². The highest BCUT2D eigenvalue weighted by Crippen LogP contribution is 2.22. The predicted octanol–water partition coefficient (Wildman–Crippen LogP) is 4.14. The molecule has 3 aromatic rings. The van der Waals surface area contributed by atoms with Crippen LogP contribution in [0.2, 0.25) is 0 Å². The van der Waals surface area contributed by atoms with Gasteiger partial charge in [-0.15, -0.1) is 0 Å². The maximum atomic E-state index is 12.4. The van der Waals surface area contributed by atoms with Crippen molar-refractivity contribution >= 4 is 30.1 Å². The predicted molar refractivity (Wildman–Crippen MR) is 118 cm³/mol. The zero-order chi connectivity index (χ0) is 21.8. The lowest BCUT2D eigenvalue weighted by Crippen LogP contribution is -2.18. The summed E-state index contributed by atoms with van der Waals surface area (Å²) in [4.78, 5) is 30.9. The highest BCUT2D eigenvalue weighted by Gasteiger charge is 2.13. The molecule has 7 nitrogen and oxygen atoms in total. The van der Waals surface area contributed by atoms with E-state index in [0.29, 0.717) is 23.5 Å². The zero-order valence-corrected chi connectivity index (χ0v) is 17.6. The number of nitrogens with one attached hydrogen (secondary N) is 1. The van der Waals surface area contributed by atoms with Gasteiger partial charge in [-0.3, -0.25) is 19.3 Å². The molecule has 0 aliphatic carbocycles. The number of hydrogen-bond donors (Lipinski definition) is 2. The van der Waals surface area contributed by atoms with Crippen LogP contribution in [0.5, 0.6) is 5.88 Å². The second kappa shape index (κ2) is 8.87. The second-order valence-corrected chi connectivity index (χ2v) is 7.01. The quantitative estimate of drug-likeness (QED) is 0.365. The summed E-state index contributed by atoms with van der Waals surface area (Å²) in [6, 6.07) is 12.0. The van der Waals surface area contributed by atoms with Crippen LogP contribution < -0.4 is 5.56 Å². The van der Waals surface area contributed by atoms with E-state index in [1.807, 2.05) is 32.0 Å². The Morgan fingerprint density at radius 1 is 1.20 bits per heavy atom. The van der Waals surface area contributed by atoms with Crippen LogP contribution in [0.4, 0.5) is 5.69 Å². The Bertz CT molecular complexity index is 1240. The van der Waals surface area contributed by atoms with Crippen LogP contribution in [0.1, 0.15) is 34.0 Å². The molecule has 0 unspecified atom stereocenters. The fraction of sp³-hybridized carbons (Fsp3) is 0.182. The van der Waals surface area contributed by atoms with Crippen molar-refractivity contribution in [3.8, 4) is 11.6 Å². The molecule has 0 amide bonds. The van der Waals surface area contributed by atoms with E-state index in [0.717, 1.165) is 11.1 Å². The van der Waals surface area contributed by atoms with Crippen LogP contribution >= 0.6 is 12.2 Å². The van der Waals surface area contributed by atoms with E-state index >= 15 is 0 Å². The van der Waals surface area contributed by atoms with Gasteiger partial charge in [0.2, 0.25) is 5.88 Å². The minimum Gasteiger partial charge on any atom is -0.494 e. The van der Waals surface area contributed by atoms with Gasteiger partial charge in [-0.2, -0.15) is 0 Å². The van der Waals surface area contributed by atoms with Crippen LogP contribution in [0.3, 0.4) is 0 Å². The van der Waals surface area contributed by atoms with E-state index in [1.54, 1.807) is 31.2 Å². The summed E-state index contributed by atoms with van der Waals surface area (Å²) in [7, 11) is 0. The first-order chi connectivity index (χ1) is 14.3. The third kappa shape index (κ3) is 4.38. The molecule has 2 N–H and O–H groups in total. The Kier molecular flexibility index (Phi) is 6.27. The van der Waals surface area contributed by atoms with Gasteiger partial charge in [0, 0.05) is 6.21 Å². The number of carbonyl (C=O) groups is 1. The first kappa shape index (κ1) is 21.2. The monoisotopic (exact) mass is 423 g/mol. The molecule has 0 bridgehead atoms. The number of aryl methyl sites for hydroxylation is 2. The number of aromatic amines is 1. The molecule has 30 heavy (non-hydrogen) atoms. The number of nitrogens with zero attached hydrogens (tertiary/aromatic N) is 2. The van der Waals surface area contributed by atoms with Gasteiger partial charge >= 0.3 is 5.97 Å². The molecule has 2 aromatic carbocycles. The molecule has 3 rings (SSSR count). The van der Waals surface area contributed by atoms with E-state index in [2.05, 4.69) is 9.98 Å². The Balaban J connectivity index is 1.98. The maximum Gasteiger partial charge on any atom is 0.338 e. The number of H-pyrrole nitrogens is 1. The Morgan fingerprint density at radius 2 is 1.90 bits per heavy atom. The van der Waals surface area contributed by atoms with Crippen molar-refractivity contribution in [1.29, 1.82) is 0 Å². The summed E-state index contributed by atoms with van der Waals surface area (Å²) in [5.74, 6) is -0.725. The molecule has 0 spiro atoms. The van der Waals surface area contributed by atoms with E-state index in [1.165, 1.54) is 10.8 Å². The first-order valence-electron chi connectivity index (χ1n) is 9.29. The molecule has 0 radical (unpaired) electrons. The average molecular weight is 423 g/mol. The fourth-order valence-electron chi connectivity index (χ4n) is 2.80. The molecule has 0 fully saturated rings. The summed E-state index contributed by atoms with van der Waals surface area (Å²) >= 11 is 5.24. The van der Waals surface area contributed by atoms with Gasteiger partial charge in [0.15, 0.2) is 4.77 Å². The highest BCUT2D eigenvalue weighted by molar-refractivity contribution is 7.71. The number of ether oxygens (including phenoxy) is 1. The second-order valence-electron chi connectivity index (χ2n) is 6.63. The Morgan fingerprint density at radius 3 is 2.53 bits per heavy atom. The number of esters is 1.